The number of esters is 1. The fourth-order valence-electron chi connectivity index (χ4n) is 3.53. The van der Waals surface area contributed by atoms with Gasteiger partial charge in [0.2, 0.25) is 0 Å². The van der Waals surface area contributed by atoms with E-state index >= 15 is 0 Å². The van der Waals surface area contributed by atoms with E-state index < -0.39 is 5.97 Å². The number of benzene rings is 1. The highest BCUT2D eigenvalue weighted by Gasteiger charge is 2.26. The largest absolute Gasteiger partial charge is 0.465 e. The maximum atomic E-state index is 12.9. The Morgan fingerprint density at radius 3 is 2.86 bits per heavy atom. The molecule has 0 spiro atoms. The van der Waals surface area contributed by atoms with Crippen molar-refractivity contribution in [1.82, 2.24) is 10.3 Å². The van der Waals surface area contributed by atoms with E-state index in [0.717, 1.165) is 52.8 Å². The van der Waals surface area contributed by atoms with Crippen LogP contribution in [0.5, 0.6) is 0 Å². The van der Waals surface area contributed by atoms with Crippen LogP contribution in [0.15, 0.2) is 47.1 Å². The van der Waals surface area contributed by atoms with Crippen molar-refractivity contribution in [3.8, 4) is 0 Å². The van der Waals surface area contributed by atoms with Crippen LogP contribution in [-0.2, 0) is 16.0 Å². The first-order valence-electron chi connectivity index (χ1n) is 9.21. The van der Waals surface area contributed by atoms with Gasteiger partial charge in [-0.2, -0.15) is 0 Å². The van der Waals surface area contributed by atoms with E-state index in [-0.39, 0.29) is 12.5 Å². The molecule has 1 aromatic carbocycles. The number of nitrogens with zero attached hydrogens (tertiary/aromatic N) is 1. The van der Waals surface area contributed by atoms with Crippen LogP contribution in [0.3, 0.4) is 0 Å². The summed E-state index contributed by atoms with van der Waals surface area (Å²) < 4.78 is 10.7. The van der Waals surface area contributed by atoms with Gasteiger partial charge in [-0.05, 0) is 54.7 Å². The van der Waals surface area contributed by atoms with Crippen molar-refractivity contribution >= 4 is 34.4 Å². The molecule has 28 heavy (non-hydrogen) atoms. The predicted octanol–water partition coefficient (Wildman–Crippen LogP) is 3.61. The van der Waals surface area contributed by atoms with Gasteiger partial charge >= 0.3 is 5.97 Å². The van der Waals surface area contributed by atoms with E-state index in [1.54, 1.807) is 6.26 Å². The number of hydrogen-bond acceptors (Lipinski definition) is 5. The minimum atomic E-state index is -0.502. The van der Waals surface area contributed by atoms with Gasteiger partial charge in [0, 0.05) is 12.4 Å². The molecule has 0 atom stereocenters. The van der Waals surface area contributed by atoms with Crippen LogP contribution >= 0.6 is 0 Å². The zero-order chi connectivity index (χ0) is 19.5. The number of para-hydroxylation sites is 1. The topological polar surface area (TPSA) is 81.4 Å². The molecule has 1 amide bonds. The molecule has 1 aliphatic carbocycles. The average molecular weight is 376 g/mol. The third kappa shape index (κ3) is 3.41. The molecule has 0 saturated carbocycles. The second-order valence-corrected chi connectivity index (χ2v) is 6.62. The van der Waals surface area contributed by atoms with Crippen molar-refractivity contribution in [2.24, 2.45) is 0 Å². The molecule has 0 radical (unpaired) electrons. The van der Waals surface area contributed by atoms with E-state index in [1.807, 2.05) is 42.5 Å². The lowest BCUT2D eigenvalue weighted by atomic mass is 9.86. The third-order valence-electron chi connectivity index (χ3n) is 4.85. The zero-order valence-corrected chi connectivity index (χ0v) is 15.5. The van der Waals surface area contributed by atoms with Crippen molar-refractivity contribution < 1.29 is 18.7 Å². The van der Waals surface area contributed by atoms with Crippen LogP contribution in [-0.4, -0.2) is 30.5 Å². The number of nitrogens with one attached hydrogen (secondary N) is 1. The molecule has 6 nitrogen and oxygen atoms in total. The average Bonchev–Trinajstić information content (AvgIpc) is 3.23. The molecular formula is C22H20N2O4. The number of fused-ring (bicyclic) bond motifs is 2. The lowest BCUT2D eigenvalue weighted by Crippen LogP contribution is -2.26. The Morgan fingerprint density at radius 1 is 1.21 bits per heavy atom. The number of amides is 1. The molecule has 0 bridgehead atoms. The second-order valence-electron chi connectivity index (χ2n) is 6.62. The summed E-state index contributed by atoms with van der Waals surface area (Å²) in [7, 11) is 1.51. The normalized spacial score (nSPS) is 14.7. The van der Waals surface area contributed by atoms with Gasteiger partial charge in [0.15, 0.2) is 6.61 Å². The number of aromatic nitrogens is 1. The smallest absolute Gasteiger partial charge is 0.339 e. The third-order valence-corrected chi connectivity index (χ3v) is 4.85. The molecule has 142 valence electrons. The van der Waals surface area contributed by atoms with Gasteiger partial charge < -0.3 is 14.5 Å². The van der Waals surface area contributed by atoms with Crippen LogP contribution in [0, 0.1) is 0 Å². The number of allylic oxidation sites excluding steroid dienone is 1. The molecule has 1 aliphatic rings. The maximum absolute atomic E-state index is 12.9. The highest BCUT2D eigenvalue weighted by atomic mass is 16.5. The first-order chi connectivity index (χ1) is 13.7. The molecule has 0 aliphatic heterocycles. The van der Waals surface area contributed by atoms with Crippen molar-refractivity contribution in [3.05, 3.63) is 65.2 Å². The second kappa shape index (κ2) is 7.68. The van der Waals surface area contributed by atoms with Gasteiger partial charge in [-0.25, -0.2) is 9.78 Å². The molecule has 0 unspecified atom stereocenters. The maximum Gasteiger partial charge on any atom is 0.339 e. The van der Waals surface area contributed by atoms with Crippen molar-refractivity contribution in [2.75, 3.05) is 13.7 Å². The number of carbonyl (C=O) groups is 2. The Bertz CT molecular complexity index is 1070. The first kappa shape index (κ1) is 18.0. The van der Waals surface area contributed by atoms with Crippen LogP contribution < -0.4 is 5.32 Å². The van der Waals surface area contributed by atoms with Crippen LogP contribution in [0.25, 0.3) is 22.6 Å². The Balaban J connectivity index is 1.84. The zero-order valence-electron chi connectivity index (χ0n) is 15.5. The lowest BCUT2D eigenvalue weighted by Gasteiger charge is -2.22. The minimum Gasteiger partial charge on any atom is -0.465 e. The van der Waals surface area contributed by atoms with Gasteiger partial charge in [-0.3, -0.25) is 4.79 Å². The molecule has 0 fully saturated rings. The Kier molecular flexibility index (Phi) is 4.93. The fourth-order valence-corrected chi connectivity index (χ4v) is 3.53. The summed E-state index contributed by atoms with van der Waals surface area (Å²) in [6.07, 6.45) is 6.08. The fraction of sp³-hybridized carbons (Fsp3) is 0.227. The van der Waals surface area contributed by atoms with Gasteiger partial charge in [0.05, 0.1) is 23.0 Å². The Labute approximate surface area is 162 Å². The molecule has 1 N–H and O–H groups in total. The number of furan rings is 1. The van der Waals surface area contributed by atoms with Gasteiger partial charge in [-0.1, -0.05) is 18.2 Å². The number of hydrogen-bond donors (Lipinski definition) is 1. The summed E-state index contributed by atoms with van der Waals surface area (Å²) in [5.41, 5.74) is 3.91. The summed E-state index contributed by atoms with van der Waals surface area (Å²) in [5.74, 6) is -0.0989. The molecule has 4 rings (SSSR count). The Hall–Kier alpha value is -3.41. The summed E-state index contributed by atoms with van der Waals surface area (Å²) in [4.78, 5) is 29.3. The molecule has 6 heteroatoms. The number of rotatable bonds is 4. The highest BCUT2D eigenvalue weighted by Crippen LogP contribution is 2.36. The summed E-state index contributed by atoms with van der Waals surface area (Å²) in [5, 5.41) is 3.19. The van der Waals surface area contributed by atoms with E-state index in [1.165, 1.54) is 7.05 Å². The van der Waals surface area contributed by atoms with E-state index in [2.05, 4.69) is 5.32 Å². The molecule has 2 heterocycles. The first-order valence-corrected chi connectivity index (χ1v) is 9.21. The van der Waals surface area contributed by atoms with E-state index in [4.69, 9.17) is 14.1 Å². The number of pyridine rings is 1. The molecular weight excluding hydrogens is 356 g/mol. The number of likely N-dealkylation sites (N-methyl/N-ethyl adjacent to an activating group) is 1. The van der Waals surface area contributed by atoms with Crippen LogP contribution in [0.4, 0.5) is 0 Å². The standard InChI is InChI=1S/C22H20N2O4/c1-23-19(25)13-28-22(26)20-16-8-2-3-10-18(16)24-21-14(6-4-9-17(20)21)12-15-7-5-11-27-15/h2-3,5,7-8,10-12H,4,6,9,13H2,1H3,(H,23,25)/b14-12+. The van der Waals surface area contributed by atoms with Crippen molar-refractivity contribution in [1.29, 1.82) is 0 Å². The van der Waals surface area contributed by atoms with Gasteiger partial charge in [-0.15, -0.1) is 0 Å². The highest BCUT2D eigenvalue weighted by molar-refractivity contribution is 6.07. The van der Waals surface area contributed by atoms with Gasteiger partial charge in [0.1, 0.15) is 5.76 Å². The summed E-state index contributed by atoms with van der Waals surface area (Å²) in [6, 6.07) is 11.2. The van der Waals surface area contributed by atoms with Crippen molar-refractivity contribution in [3.63, 3.8) is 0 Å². The predicted molar refractivity (Wildman–Crippen MR) is 106 cm³/mol. The summed E-state index contributed by atoms with van der Waals surface area (Å²) >= 11 is 0. The van der Waals surface area contributed by atoms with Gasteiger partial charge in [0.25, 0.3) is 5.91 Å². The SMILES string of the molecule is CNC(=O)COC(=O)c1c2c(nc3ccccc13)/C(=C/c1ccco1)CCC2. The lowest BCUT2D eigenvalue weighted by molar-refractivity contribution is -0.123. The quantitative estimate of drug-likeness (QED) is 0.704. The molecule has 3 aromatic rings. The Morgan fingerprint density at radius 2 is 2.07 bits per heavy atom. The van der Waals surface area contributed by atoms with Crippen molar-refractivity contribution in [2.45, 2.75) is 19.3 Å². The van der Waals surface area contributed by atoms with E-state index in [9.17, 15) is 9.59 Å². The van der Waals surface area contributed by atoms with Crippen LogP contribution in [0.2, 0.25) is 0 Å². The molecule has 2 aromatic heterocycles. The minimum absolute atomic E-state index is 0.310. The molecule has 0 saturated heterocycles. The van der Waals surface area contributed by atoms with Crippen LogP contribution in [0.1, 0.15) is 40.2 Å². The van der Waals surface area contributed by atoms with E-state index in [0.29, 0.717) is 5.56 Å². The number of carbonyl (C=O) groups excluding carboxylic acids is 2. The summed E-state index contributed by atoms with van der Waals surface area (Å²) in [6.45, 7) is -0.310. The number of ether oxygens (including phenoxy) is 1. The monoisotopic (exact) mass is 376 g/mol.